The summed E-state index contributed by atoms with van der Waals surface area (Å²) in [6, 6.07) is 9.17. The van der Waals surface area contributed by atoms with Crippen LogP contribution >= 0.6 is 0 Å². The van der Waals surface area contributed by atoms with Crippen LogP contribution in [0.1, 0.15) is 24.8 Å². The molecule has 5 nitrogen and oxygen atoms in total. The molecule has 1 aromatic rings. The Balaban J connectivity index is 0.00000220. The molecule has 110 valence electrons. The largest absolute Gasteiger partial charge is 1.00 e. The zero-order valence-corrected chi connectivity index (χ0v) is 15.0. The number of hydrogen-bond acceptors (Lipinski definition) is 4. The molecule has 0 aliphatic carbocycles. The molecule has 1 fully saturated rings. The Morgan fingerprint density at radius 2 is 2.05 bits per heavy atom. The van der Waals surface area contributed by atoms with E-state index in [-0.39, 0.29) is 48.0 Å². The van der Waals surface area contributed by atoms with E-state index in [9.17, 15) is 13.6 Å². The third kappa shape index (κ3) is 6.08. The first-order valence-corrected chi connectivity index (χ1v) is 7.94. The number of piperidine rings is 1. The standard InChI is InChI=1S/C14H19NO4S.Na/c16-14(19-10-12-6-2-1-3-7-12)15-9-5-4-8-13(15)11-20(17)18;/h1-3,6-7,13H,4-5,8-11H2,(H,17,18);/q;+1/p-1. The van der Waals surface area contributed by atoms with Gasteiger partial charge in [-0.25, -0.2) is 4.79 Å². The number of carbonyl (C=O) groups is 1. The van der Waals surface area contributed by atoms with Gasteiger partial charge in [-0.1, -0.05) is 41.4 Å². The van der Waals surface area contributed by atoms with E-state index in [1.807, 2.05) is 30.3 Å². The first-order valence-electron chi connectivity index (χ1n) is 6.70. The average Bonchev–Trinajstić information content (AvgIpc) is 2.46. The second-order valence-corrected chi connectivity index (χ2v) is 5.79. The molecule has 0 aromatic heterocycles. The van der Waals surface area contributed by atoms with E-state index in [1.165, 1.54) is 0 Å². The van der Waals surface area contributed by atoms with Gasteiger partial charge in [0, 0.05) is 18.3 Å². The maximum Gasteiger partial charge on any atom is 1.00 e. The molecule has 2 atom stereocenters. The fraction of sp³-hybridized carbons (Fsp3) is 0.500. The first-order chi connectivity index (χ1) is 9.66. The van der Waals surface area contributed by atoms with E-state index in [4.69, 9.17) is 4.74 Å². The van der Waals surface area contributed by atoms with Crippen molar-refractivity contribution in [3.05, 3.63) is 35.9 Å². The predicted octanol–water partition coefficient (Wildman–Crippen LogP) is -0.939. The minimum absolute atomic E-state index is 0. The van der Waals surface area contributed by atoms with Crippen LogP contribution in [0.3, 0.4) is 0 Å². The minimum atomic E-state index is -2.14. The number of nitrogens with zero attached hydrogens (tertiary/aromatic N) is 1. The Kier molecular flexibility index (Phi) is 8.51. The first kappa shape index (κ1) is 18.6. The molecule has 7 heteroatoms. The van der Waals surface area contributed by atoms with Gasteiger partial charge < -0.3 is 14.2 Å². The Labute approximate surface area is 149 Å². The Morgan fingerprint density at radius 1 is 1.33 bits per heavy atom. The molecule has 0 spiro atoms. The summed E-state index contributed by atoms with van der Waals surface area (Å²) < 4.78 is 26.9. The van der Waals surface area contributed by atoms with Gasteiger partial charge in [-0.3, -0.25) is 4.21 Å². The summed E-state index contributed by atoms with van der Waals surface area (Å²) in [6.07, 6.45) is 2.13. The van der Waals surface area contributed by atoms with Crippen molar-refractivity contribution in [2.24, 2.45) is 0 Å². The normalized spacial score (nSPS) is 19.5. The monoisotopic (exact) mass is 319 g/mol. The van der Waals surface area contributed by atoms with Gasteiger partial charge in [-0.15, -0.1) is 0 Å². The number of benzene rings is 1. The number of likely N-dealkylation sites (tertiary alicyclic amines) is 1. The van der Waals surface area contributed by atoms with Gasteiger partial charge in [0.2, 0.25) is 0 Å². The van der Waals surface area contributed by atoms with Crippen molar-refractivity contribution in [1.82, 2.24) is 4.90 Å². The van der Waals surface area contributed by atoms with E-state index >= 15 is 0 Å². The average molecular weight is 319 g/mol. The molecule has 1 aliphatic heterocycles. The van der Waals surface area contributed by atoms with Crippen molar-refractivity contribution < 1.29 is 47.9 Å². The van der Waals surface area contributed by atoms with Crippen molar-refractivity contribution in [3.63, 3.8) is 0 Å². The zero-order valence-electron chi connectivity index (χ0n) is 12.2. The molecule has 2 rings (SSSR count). The summed E-state index contributed by atoms with van der Waals surface area (Å²) in [5.41, 5.74) is 0.918. The molecule has 1 heterocycles. The second kappa shape index (κ2) is 9.58. The van der Waals surface area contributed by atoms with E-state index in [0.717, 1.165) is 18.4 Å². The summed E-state index contributed by atoms with van der Waals surface area (Å²) in [6.45, 7) is 0.777. The summed E-state index contributed by atoms with van der Waals surface area (Å²) in [7, 11) is 0. The zero-order chi connectivity index (χ0) is 14.4. The van der Waals surface area contributed by atoms with Crippen LogP contribution in [0.2, 0.25) is 0 Å². The summed E-state index contributed by atoms with van der Waals surface area (Å²) >= 11 is -2.14. The van der Waals surface area contributed by atoms with Gasteiger partial charge in [0.25, 0.3) is 0 Å². The van der Waals surface area contributed by atoms with Crippen molar-refractivity contribution in [1.29, 1.82) is 0 Å². The third-order valence-electron chi connectivity index (χ3n) is 3.40. The Morgan fingerprint density at radius 3 is 2.71 bits per heavy atom. The van der Waals surface area contributed by atoms with E-state index in [2.05, 4.69) is 0 Å². The molecule has 1 aromatic carbocycles. The van der Waals surface area contributed by atoms with Crippen molar-refractivity contribution in [3.8, 4) is 0 Å². The van der Waals surface area contributed by atoms with E-state index in [1.54, 1.807) is 4.90 Å². The molecule has 0 saturated carbocycles. The van der Waals surface area contributed by atoms with Crippen LogP contribution < -0.4 is 29.6 Å². The summed E-state index contributed by atoms with van der Waals surface area (Å²) in [4.78, 5) is 13.6. The molecule has 0 radical (unpaired) electrons. The maximum atomic E-state index is 12.1. The van der Waals surface area contributed by atoms with Crippen LogP contribution in [-0.2, 0) is 22.4 Å². The molecule has 1 amide bonds. The van der Waals surface area contributed by atoms with Gasteiger partial charge in [-0.05, 0) is 24.8 Å². The molecule has 1 aliphatic rings. The summed E-state index contributed by atoms with van der Waals surface area (Å²) in [5, 5.41) is 0. The third-order valence-corrected chi connectivity index (χ3v) is 4.05. The number of carbonyl (C=O) groups excluding carboxylic acids is 1. The van der Waals surface area contributed by atoms with Crippen molar-refractivity contribution in [2.75, 3.05) is 12.3 Å². The van der Waals surface area contributed by atoms with Gasteiger partial charge in [0.15, 0.2) is 0 Å². The fourth-order valence-electron chi connectivity index (χ4n) is 2.37. The molecule has 21 heavy (non-hydrogen) atoms. The van der Waals surface area contributed by atoms with Gasteiger partial charge in [0.1, 0.15) is 6.61 Å². The van der Waals surface area contributed by atoms with Gasteiger partial charge in [-0.2, -0.15) is 0 Å². The molecule has 0 N–H and O–H groups in total. The number of ether oxygens (including phenoxy) is 1. The number of amides is 1. The molecular formula is C14H18NNaO4S. The predicted molar refractivity (Wildman–Crippen MR) is 74.8 cm³/mol. The summed E-state index contributed by atoms with van der Waals surface area (Å²) in [5.74, 6) is -0.0135. The van der Waals surface area contributed by atoms with E-state index in [0.29, 0.717) is 13.0 Å². The van der Waals surface area contributed by atoms with Crippen LogP contribution in [0.5, 0.6) is 0 Å². The van der Waals surface area contributed by atoms with Gasteiger partial charge in [0.05, 0.1) is 0 Å². The topological polar surface area (TPSA) is 69.7 Å². The van der Waals surface area contributed by atoms with Crippen LogP contribution in [0.25, 0.3) is 0 Å². The van der Waals surface area contributed by atoms with Crippen molar-refractivity contribution >= 4 is 17.2 Å². The molecular weight excluding hydrogens is 301 g/mol. The molecule has 0 bridgehead atoms. The van der Waals surface area contributed by atoms with E-state index < -0.39 is 17.2 Å². The van der Waals surface area contributed by atoms with Crippen molar-refractivity contribution in [2.45, 2.75) is 31.9 Å². The number of rotatable bonds is 4. The smallest absolute Gasteiger partial charge is 0.772 e. The maximum absolute atomic E-state index is 12.1. The molecule has 1 saturated heterocycles. The minimum Gasteiger partial charge on any atom is -0.772 e. The quantitative estimate of drug-likeness (QED) is 0.531. The second-order valence-electron chi connectivity index (χ2n) is 4.85. The van der Waals surface area contributed by atoms with Crippen LogP contribution in [-0.4, -0.2) is 38.1 Å². The number of hydrogen-bond donors (Lipinski definition) is 0. The Hall–Kier alpha value is -0.400. The van der Waals surface area contributed by atoms with Crippen LogP contribution in [0.15, 0.2) is 30.3 Å². The fourth-order valence-corrected chi connectivity index (χ4v) is 3.03. The SMILES string of the molecule is O=C(OCc1ccccc1)N1CCCCC1CS(=O)[O-].[Na+]. The Bertz CT molecular complexity index is 471. The van der Waals surface area contributed by atoms with Gasteiger partial charge >= 0.3 is 35.7 Å². The molecule has 2 unspecified atom stereocenters. The van der Waals surface area contributed by atoms with Crippen LogP contribution in [0, 0.1) is 0 Å². The van der Waals surface area contributed by atoms with Crippen LogP contribution in [0.4, 0.5) is 4.79 Å².